The fraction of sp³-hybridized carbons (Fsp3) is 0.522. The monoisotopic (exact) mass is 329 g/mol. The Hall–Kier alpha value is -1.63. The van der Waals surface area contributed by atoms with Crippen LogP contribution in [0.15, 0.2) is 30.5 Å². The molecule has 0 atom stereocenters. The Kier molecular flexibility index (Phi) is 3.36. The molecular weight excluding hydrogens is 290 g/mol. The summed E-state index contributed by atoms with van der Waals surface area (Å²) >= 11 is 0. The first kappa shape index (κ1) is 12.7. The van der Waals surface area contributed by atoms with Gasteiger partial charge in [0.25, 0.3) is 0 Å². The molecule has 2 aromatic rings. The molecule has 0 radical (unpaired) electrons. The number of benzene rings is 1. The van der Waals surface area contributed by atoms with E-state index in [2.05, 4.69) is 39.0 Å². The van der Waals surface area contributed by atoms with Crippen molar-refractivity contribution in [1.82, 2.24) is 0 Å². The maximum Gasteiger partial charge on any atom is 0.212 e. The molecule has 1 nitrogen and oxygen atoms in total. The third-order valence-electron chi connectivity index (χ3n) is 4.16. The van der Waals surface area contributed by atoms with Gasteiger partial charge in [-0.05, 0) is 53.7 Å². The van der Waals surface area contributed by atoms with Crippen LogP contribution in [-0.4, -0.2) is 0 Å². The topological polar surface area (TPSA) is 3.88 Å². The molecule has 0 fully saturated rings. The second kappa shape index (κ2) is 6.35. The normalized spacial score (nSPS) is 16.8. The zero-order chi connectivity index (χ0) is 22.6. The van der Waals surface area contributed by atoms with E-state index < -0.39 is 18.6 Å². The summed E-state index contributed by atoms with van der Waals surface area (Å²) in [5, 5.41) is 0. The number of pyridine rings is 1. The molecule has 1 heteroatoms. The van der Waals surface area contributed by atoms with Gasteiger partial charge in [-0.2, -0.15) is 0 Å². The van der Waals surface area contributed by atoms with Crippen molar-refractivity contribution in [1.29, 1.82) is 0 Å². The van der Waals surface area contributed by atoms with Crippen molar-refractivity contribution in [3.05, 3.63) is 52.7 Å². The summed E-state index contributed by atoms with van der Waals surface area (Å²) in [5.74, 6) is 0. The first-order valence-corrected chi connectivity index (χ1v) is 8.53. The fourth-order valence-corrected chi connectivity index (χ4v) is 2.79. The minimum Gasteiger partial charge on any atom is -0.201 e. The molecule has 2 rings (SSSR count). The lowest BCUT2D eigenvalue weighted by Crippen LogP contribution is -2.32. The average Bonchev–Trinajstić information content (AvgIpc) is 2.52. The van der Waals surface area contributed by atoms with Crippen molar-refractivity contribution in [2.24, 2.45) is 12.5 Å². The molecule has 130 valence electrons. The number of nitrogens with zero attached hydrogens (tertiary/aromatic N) is 1. The Labute approximate surface area is 155 Å². The van der Waals surface area contributed by atoms with Gasteiger partial charge in [0.1, 0.15) is 7.05 Å². The molecule has 0 saturated heterocycles. The molecule has 0 N–H and O–H groups in total. The highest BCUT2D eigenvalue weighted by Gasteiger charge is 2.21. The van der Waals surface area contributed by atoms with E-state index in [-0.39, 0.29) is 16.5 Å². The quantitative estimate of drug-likeness (QED) is 0.624. The minimum atomic E-state index is -2.40. The Balaban J connectivity index is 2.89. The molecule has 0 saturated carbocycles. The molecule has 0 aliphatic heterocycles. The van der Waals surface area contributed by atoms with Gasteiger partial charge in [0.2, 0.25) is 5.69 Å². The van der Waals surface area contributed by atoms with E-state index in [0.29, 0.717) is 0 Å². The van der Waals surface area contributed by atoms with E-state index in [4.69, 9.17) is 6.85 Å². The number of hydrogen-bond acceptors (Lipinski definition) is 0. The molecule has 1 aromatic carbocycles. The van der Waals surface area contributed by atoms with Crippen molar-refractivity contribution in [2.45, 2.75) is 67.1 Å². The van der Waals surface area contributed by atoms with Crippen molar-refractivity contribution in [3.8, 4) is 11.3 Å². The highest BCUT2D eigenvalue weighted by Crippen LogP contribution is 2.30. The summed E-state index contributed by atoms with van der Waals surface area (Å²) in [6, 6.07) is 8.06. The van der Waals surface area contributed by atoms with E-state index in [1.807, 2.05) is 14.0 Å². The Morgan fingerprint density at radius 2 is 1.71 bits per heavy atom. The van der Waals surface area contributed by atoms with Crippen LogP contribution in [0.5, 0.6) is 0 Å². The van der Waals surface area contributed by atoms with Gasteiger partial charge in [0.15, 0.2) is 6.20 Å². The SMILES string of the molecule is [2H]C([2H])([2H])c1c[n+](C)c(-c2cc(C(C)(C)C)ccc2C)cc1C([2H])([2H])C(C)(C)C. The van der Waals surface area contributed by atoms with Gasteiger partial charge in [0, 0.05) is 24.0 Å². The summed E-state index contributed by atoms with van der Waals surface area (Å²) in [6.07, 6.45) is -0.236. The number of hydrogen-bond donors (Lipinski definition) is 0. The van der Waals surface area contributed by atoms with Gasteiger partial charge in [0.05, 0.1) is 0 Å². The summed E-state index contributed by atoms with van der Waals surface area (Å²) in [4.78, 5) is 0. The van der Waals surface area contributed by atoms with E-state index in [0.717, 1.165) is 16.8 Å². The summed E-state index contributed by atoms with van der Waals surface area (Å²) in [5.41, 5.74) is 3.56. The van der Waals surface area contributed by atoms with Gasteiger partial charge in [-0.3, -0.25) is 0 Å². The highest BCUT2D eigenvalue weighted by molar-refractivity contribution is 5.63. The Morgan fingerprint density at radius 3 is 2.25 bits per heavy atom. The summed E-state index contributed by atoms with van der Waals surface area (Å²) < 4.78 is 43.3. The third-order valence-corrected chi connectivity index (χ3v) is 4.16. The zero-order valence-electron chi connectivity index (χ0n) is 21.3. The number of aromatic nitrogens is 1. The molecule has 0 bridgehead atoms. The van der Waals surface area contributed by atoms with E-state index in [1.165, 1.54) is 5.56 Å². The van der Waals surface area contributed by atoms with Gasteiger partial charge in [-0.25, -0.2) is 4.57 Å². The molecule has 24 heavy (non-hydrogen) atoms. The summed E-state index contributed by atoms with van der Waals surface area (Å²) in [7, 11) is 1.82. The maximum atomic E-state index is 8.77. The second-order valence-corrected chi connectivity index (χ2v) is 8.75. The molecule has 0 aliphatic carbocycles. The highest BCUT2D eigenvalue weighted by atomic mass is 14.9. The van der Waals surface area contributed by atoms with Crippen molar-refractivity contribution < 1.29 is 11.4 Å². The predicted molar refractivity (Wildman–Crippen MR) is 104 cm³/mol. The molecule has 1 heterocycles. The van der Waals surface area contributed by atoms with Gasteiger partial charge in [-0.1, -0.05) is 53.7 Å². The first-order valence-electron chi connectivity index (χ1n) is 11.0. The Bertz CT molecular complexity index is 913. The maximum absolute atomic E-state index is 8.77. The molecule has 0 unspecified atom stereocenters. The summed E-state index contributed by atoms with van der Waals surface area (Å²) in [6.45, 7) is 11.5. The first-order chi connectivity index (χ1) is 12.9. The van der Waals surface area contributed by atoms with Crippen molar-refractivity contribution >= 4 is 0 Å². The zero-order valence-corrected chi connectivity index (χ0v) is 16.3. The fourth-order valence-electron chi connectivity index (χ4n) is 2.79. The second-order valence-electron chi connectivity index (χ2n) is 8.75. The van der Waals surface area contributed by atoms with Crippen LogP contribution >= 0.6 is 0 Å². The standard InChI is InChI=1S/C23H34N/c1-16-10-11-19(23(6,7)8)13-20(16)21-12-18(14-22(3,4)5)17(2)15-24(21)9/h10-13,15H,14H2,1-9H3/q+1/i2D3,14D2. The molecule has 0 amide bonds. The van der Waals surface area contributed by atoms with Crippen LogP contribution in [0.3, 0.4) is 0 Å². The molecule has 0 spiro atoms. The van der Waals surface area contributed by atoms with E-state index >= 15 is 0 Å². The largest absolute Gasteiger partial charge is 0.212 e. The van der Waals surface area contributed by atoms with Crippen LogP contribution in [0.2, 0.25) is 0 Å². The van der Waals surface area contributed by atoms with Gasteiger partial charge < -0.3 is 0 Å². The smallest absolute Gasteiger partial charge is 0.201 e. The molecule has 1 aromatic heterocycles. The lowest BCUT2D eigenvalue weighted by Gasteiger charge is -2.21. The lowest BCUT2D eigenvalue weighted by atomic mass is 9.84. The molecular formula is C23H34N+. The molecule has 0 aliphatic rings. The number of aryl methyl sites for hydroxylation is 3. The van der Waals surface area contributed by atoms with Crippen molar-refractivity contribution in [2.75, 3.05) is 0 Å². The minimum absolute atomic E-state index is 0.0253. The van der Waals surface area contributed by atoms with Crippen LogP contribution in [0.4, 0.5) is 0 Å². The third kappa shape index (κ3) is 4.26. The van der Waals surface area contributed by atoms with Gasteiger partial charge >= 0.3 is 0 Å². The van der Waals surface area contributed by atoms with Crippen LogP contribution in [-0.2, 0) is 18.8 Å². The lowest BCUT2D eigenvalue weighted by molar-refractivity contribution is -0.660. The van der Waals surface area contributed by atoms with E-state index in [1.54, 1.807) is 37.6 Å². The Morgan fingerprint density at radius 1 is 1.04 bits per heavy atom. The van der Waals surface area contributed by atoms with Crippen LogP contribution in [0.1, 0.15) is 70.7 Å². The van der Waals surface area contributed by atoms with Crippen molar-refractivity contribution in [3.63, 3.8) is 0 Å². The number of rotatable bonds is 2. The van der Waals surface area contributed by atoms with Crippen LogP contribution < -0.4 is 4.57 Å². The van der Waals surface area contributed by atoms with E-state index in [9.17, 15) is 0 Å². The van der Waals surface area contributed by atoms with Gasteiger partial charge in [-0.15, -0.1) is 0 Å². The van der Waals surface area contributed by atoms with Crippen LogP contribution in [0, 0.1) is 19.2 Å². The predicted octanol–water partition coefficient (Wildman–Crippen LogP) is 5.68. The van der Waals surface area contributed by atoms with Crippen LogP contribution in [0.25, 0.3) is 11.3 Å². The average molecular weight is 330 g/mol.